The highest BCUT2D eigenvalue weighted by Gasteiger charge is 2.20. The van der Waals surface area contributed by atoms with Gasteiger partial charge in [0.2, 0.25) is 5.91 Å². The van der Waals surface area contributed by atoms with Crippen LogP contribution in [0.4, 0.5) is 5.69 Å². The number of rotatable bonds is 7. The van der Waals surface area contributed by atoms with E-state index in [-0.39, 0.29) is 23.8 Å². The molecule has 4 aromatic rings. The van der Waals surface area contributed by atoms with Crippen molar-refractivity contribution in [3.8, 4) is 0 Å². The Morgan fingerprint density at radius 2 is 1.91 bits per heavy atom. The fraction of sp³-hybridized carbons (Fsp3) is 0.280. The van der Waals surface area contributed by atoms with E-state index in [1.54, 1.807) is 15.3 Å². The van der Waals surface area contributed by atoms with Gasteiger partial charge in [-0.25, -0.2) is 4.98 Å². The number of nitrogens with one attached hydrogen (secondary N) is 1. The Labute approximate surface area is 207 Å². The van der Waals surface area contributed by atoms with Gasteiger partial charge in [0.25, 0.3) is 5.56 Å². The third-order valence-electron chi connectivity index (χ3n) is 5.57. The number of anilines is 1. The molecule has 0 atom stereocenters. The molecule has 0 aliphatic carbocycles. The van der Waals surface area contributed by atoms with E-state index in [0.29, 0.717) is 33.5 Å². The van der Waals surface area contributed by atoms with Crippen LogP contribution in [0.3, 0.4) is 0 Å². The van der Waals surface area contributed by atoms with Crippen LogP contribution in [0.25, 0.3) is 11.0 Å². The molecule has 34 heavy (non-hydrogen) atoms. The van der Waals surface area contributed by atoms with Crippen molar-refractivity contribution < 1.29 is 4.79 Å². The molecule has 2 heterocycles. The first kappa shape index (κ1) is 24.0. The summed E-state index contributed by atoms with van der Waals surface area (Å²) in [6.07, 6.45) is 0. The first-order valence-electron chi connectivity index (χ1n) is 11.0. The van der Waals surface area contributed by atoms with Crippen molar-refractivity contribution in [1.82, 2.24) is 19.3 Å². The number of carbonyl (C=O) groups excluding carboxylic acids is 1. The fourth-order valence-corrected chi connectivity index (χ4v) is 4.74. The van der Waals surface area contributed by atoms with Crippen molar-refractivity contribution >= 4 is 46.0 Å². The van der Waals surface area contributed by atoms with Gasteiger partial charge in [-0.1, -0.05) is 53.7 Å². The van der Waals surface area contributed by atoms with Crippen LogP contribution in [0.1, 0.15) is 29.3 Å². The van der Waals surface area contributed by atoms with Gasteiger partial charge in [-0.3, -0.25) is 18.8 Å². The maximum Gasteiger partial charge on any atom is 0.280 e. The fourth-order valence-electron chi connectivity index (χ4n) is 3.75. The lowest BCUT2D eigenvalue weighted by atomic mass is 10.1. The smallest absolute Gasteiger partial charge is 0.280 e. The van der Waals surface area contributed by atoms with E-state index in [4.69, 9.17) is 16.6 Å². The van der Waals surface area contributed by atoms with E-state index >= 15 is 0 Å². The zero-order valence-electron chi connectivity index (χ0n) is 19.6. The van der Waals surface area contributed by atoms with Gasteiger partial charge in [-0.15, -0.1) is 0 Å². The summed E-state index contributed by atoms with van der Waals surface area (Å²) in [7, 11) is 0. The van der Waals surface area contributed by atoms with E-state index in [9.17, 15) is 9.59 Å². The molecular weight excluding hydrogens is 470 g/mol. The highest BCUT2D eigenvalue weighted by molar-refractivity contribution is 7.99. The molecule has 2 aromatic carbocycles. The predicted octanol–water partition coefficient (Wildman–Crippen LogP) is 4.97. The van der Waals surface area contributed by atoms with Gasteiger partial charge >= 0.3 is 0 Å². The van der Waals surface area contributed by atoms with Crippen LogP contribution < -0.4 is 10.9 Å². The minimum absolute atomic E-state index is 0.106. The number of aryl methyl sites for hydroxylation is 4. The number of hydrogen-bond acceptors (Lipinski definition) is 5. The minimum Gasteiger partial charge on any atom is -0.325 e. The molecule has 1 amide bonds. The van der Waals surface area contributed by atoms with Crippen LogP contribution in [0, 0.1) is 20.8 Å². The van der Waals surface area contributed by atoms with E-state index in [0.717, 1.165) is 22.4 Å². The Bertz CT molecular complexity index is 1440. The van der Waals surface area contributed by atoms with Gasteiger partial charge in [-0.2, -0.15) is 5.10 Å². The van der Waals surface area contributed by atoms with Gasteiger partial charge in [0, 0.05) is 17.3 Å². The molecule has 9 heteroatoms. The van der Waals surface area contributed by atoms with Crippen molar-refractivity contribution in [2.75, 3.05) is 11.1 Å². The van der Waals surface area contributed by atoms with Crippen molar-refractivity contribution in [3.05, 3.63) is 80.2 Å². The summed E-state index contributed by atoms with van der Waals surface area (Å²) in [5.41, 5.74) is 5.12. The number of aromatic nitrogens is 4. The quantitative estimate of drug-likeness (QED) is 0.289. The Morgan fingerprint density at radius 1 is 1.15 bits per heavy atom. The van der Waals surface area contributed by atoms with Crippen molar-refractivity contribution in [2.45, 2.75) is 45.9 Å². The van der Waals surface area contributed by atoms with E-state index < -0.39 is 0 Å². The Balaban J connectivity index is 1.69. The van der Waals surface area contributed by atoms with Gasteiger partial charge < -0.3 is 5.32 Å². The monoisotopic (exact) mass is 495 g/mol. The lowest BCUT2D eigenvalue weighted by Gasteiger charge is -2.14. The summed E-state index contributed by atoms with van der Waals surface area (Å²) >= 11 is 7.60. The molecule has 0 saturated heterocycles. The topological polar surface area (TPSA) is 81.8 Å². The van der Waals surface area contributed by atoms with Gasteiger partial charge in [0.1, 0.15) is 5.52 Å². The molecule has 1 N–H and O–H groups in total. The van der Waals surface area contributed by atoms with Gasteiger partial charge in [-0.05, 0) is 56.5 Å². The van der Waals surface area contributed by atoms with Crippen LogP contribution in [-0.4, -0.2) is 31.0 Å². The summed E-state index contributed by atoms with van der Waals surface area (Å²) in [5.74, 6) is -0.0623. The molecule has 4 rings (SSSR count). The number of nitrogens with zero attached hydrogens (tertiary/aromatic N) is 4. The third-order valence-corrected chi connectivity index (χ3v) is 6.91. The SMILES string of the molecule is CCn1nc(C)c2nc(SCC(=O)Nc3cc(C)ccc3C)n(Cc3ccccc3Cl)c(=O)c21. The van der Waals surface area contributed by atoms with Gasteiger partial charge in [0.15, 0.2) is 10.7 Å². The molecule has 2 aromatic heterocycles. The molecule has 0 bridgehead atoms. The molecule has 0 radical (unpaired) electrons. The number of amides is 1. The Hall–Kier alpha value is -3.10. The lowest BCUT2D eigenvalue weighted by Crippen LogP contribution is -2.26. The first-order chi connectivity index (χ1) is 16.3. The van der Waals surface area contributed by atoms with E-state index in [2.05, 4.69) is 10.4 Å². The second-order valence-electron chi connectivity index (χ2n) is 8.13. The predicted molar refractivity (Wildman–Crippen MR) is 138 cm³/mol. The number of thioether (sulfide) groups is 1. The number of carbonyl (C=O) groups is 1. The maximum atomic E-state index is 13.6. The van der Waals surface area contributed by atoms with Crippen LogP contribution in [0.15, 0.2) is 52.4 Å². The van der Waals surface area contributed by atoms with E-state index in [1.807, 2.05) is 64.1 Å². The van der Waals surface area contributed by atoms with Crippen LogP contribution in [-0.2, 0) is 17.9 Å². The first-order valence-corrected chi connectivity index (χ1v) is 12.4. The summed E-state index contributed by atoms with van der Waals surface area (Å²) < 4.78 is 3.25. The number of halogens is 1. The Morgan fingerprint density at radius 3 is 2.65 bits per heavy atom. The summed E-state index contributed by atoms with van der Waals surface area (Å²) in [6.45, 7) is 8.50. The molecule has 176 valence electrons. The van der Waals surface area contributed by atoms with Crippen molar-refractivity contribution in [2.24, 2.45) is 0 Å². The zero-order chi connectivity index (χ0) is 24.4. The summed E-state index contributed by atoms with van der Waals surface area (Å²) in [5, 5.41) is 8.45. The molecule has 0 spiro atoms. The Kier molecular flexibility index (Phi) is 7.09. The molecule has 0 aliphatic heterocycles. The molecule has 0 unspecified atom stereocenters. The minimum atomic E-state index is -0.204. The summed E-state index contributed by atoms with van der Waals surface area (Å²) in [4.78, 5) is 31.1. The third kappa shape index (κ3) is 4.88. The molecule has 0 fully saturated rings. The molecule has 0 saturated carbocycles. The normalized spacial score (nSPS) is 11.2. The van der Waals surface area contributed by atoms with Crippen LogP contribution in [0.5, 0.6) is 0 Å². The van der Waals surface area contributed by atoms with Gasteiger partial charge in [0.05, 0.1) is 18.0 Å². The van der Waals surface area contributed by atoms with Crippen molar-refractivity contribution in [3.63, 3.8) is 0 Å². The maximum absolute atomic E-state index is 13.6. The van der Waals surface area contributed by atoms with Crippen LogP contribution >= 0.6 is 23.4 Å². The number of fused-ring (bicyclic) bond motifs is 1. The summed E-state index contributed by atoms with van der Waals surface area (Å²) in [6, 6.07) is 13.3. The van der Waals surface area contributed by atoms with Crippen molar-refractivity contribution in [1.29, 1.82) is 0 Å². The highest BCUT2D eigenvalue weighted by atomic mass is 35.5. The highest BCUT2D eigenvalue weighted by Crippen LogP contribution is 2.24. The largest absolute Gasteiger partial charge is 0.325 e. The zero-order valence-corrected chi connectivity index (χ0v) is 21.1. The molecule has 0 aliphatic rings. The number of benzene rings is 2. The molecule has 7 nitrogen and oxygen atoms in total. The number of hydrogen-bond donors (Lipinski definition) is 1. The molecular formula is C25H26ClN5O2S. The standard InChI is InChI=1S/C25H26ClN5O2S/c1-5-31-23-22(17(4)29-31)28-25(30(24(23)33)13-18-8-6-7-9-19(18)26)34-14-21(32)27-20-12-15(2)10-11-16(20)3/h6-12H,5,13-14H2,1-4H3,(H,27,32). The average Bonchev–Trinajstić information content (AvgIpc) is 3.14. The van der Waals surface area contributed by atoms with Crippen LogP contribution in [0.2, 0.25) is 5.02 Å². The second-order valence-corrected chi connectivity index (χ2v) is 9.48. The second kappa shape index (κ2) is 10.0. The van der Waals surface area contributed by atoms with E-state index in [1.165, 1.54) is 11.8 Å². The lowest BCUT2D eigenvalue weighted by molar-refractivity contribution is -0.113. The average molecular weight is 496 g/mol.